The minimum Gasteiger partial charge on any atom is -0.383 e. The Balaban J connectivity index is 1.56. The molecule has 3 heterocycles. The number of nitrogens with one attached hydrogen (secondary N) is 1. The van der Waals surface area contributed by atoms with Crippen molar-refractivity contribution in [3.8, 4) is 0 Å². The molecule has 0 aliphatic carbocycles. The van der Waals surface area contributed by atoms with Crippen molar-refractivity contribution in [3.05, 3.63) is 45.8 Å². The number of hydrogen-bond acceptors (Lipinski definition) is 8. The van der Waals surface area contributed by atoms with Gasteiger partial charge in [-0.25, -0.2) is 8.42 Å². The van der Waals surface area contributed by atoms with Crippen molar-refractivity contribution in [2.45, 2.75) is 50.5 Å². The second kappa shape index (κ2) is 14.7. The van der Waals surface area contributed by atoms with Crippen molar-refractivity contribution in [2.75, 3.05) is 72.0 Å². The summed E-state index contributed by atoms with van der Waals surface area (Å²) in [5, 5.41) is 3.59. The molecule has 226 valence electrons. The Morgan fingerprint density at radius 1 is 1.00 bits per heavy atom. The Morgan fingerprint density at radius 3 is 2.27 bits per heavy atom. The van der Waals surface area contributed by atoms with Crippen LogP contribution in [0.1, 0.15) is 63.8 Å². The highest BCUT2D eigenvalue weighted by molar-refractivity contribution is 7.89. The molecule has 1 aromatic carbocycles. The molecule has 0 saturated carbocycles. The van der Waals surface area contributed by atoms with Crippen LogP contribution in [0.3, 0.4) is 0 Å². The number of methoxy groups -OCH3 is 2. The smallest absolute Gasteiger partial charge is 0.257 e. The molecule has 2 aliphatic heterocycles. The molecule has 0 bridgehead atoms. The average Bonchev–Trinajstić information content (AvgIpc) is 3.34. The van der Waals surface area contributed by atoms with E-state index in [1.165, 1.54) is 54.1 Å². The first-order chi connectivity index (χ1) is 19.8. The van der Waals surface area contributed by atoms with Crippen molar-refractivity contribution in [2.24, 2.45) is 0 Å². The summed E-state index contributed by atoms with van der Waals surface area (Å²) in [4.78, 5) is 32.6. The third-order valence-corrected chi connectivity index (χ3v) is 10.6. The maximum absolute atomic E-state index is 13.7. The zero-order chi connectivity index (χ0) is 29.4. The van der Waals surface area contributed by atoms with Gasteiger partial charge >= 0.3 is 0 Å². The molecule has 2 aliphatic rings. The van der Waals surface area contributed by atoms with Crippen LogP contribution in [-0.2, 0) is 32.5 Å². The summed E-state index contributed by atoms with van der Waals surface area (Å²) in [7, 11) is -0.762. The number of ether oxygens (including phenoxy) is 2. The lowest BCUT2D eigenvalue weighted by molar-refractivity contribution is 0.0724. The third kappa shape index (κ3) is 7.54. The van der Waals surface area contributed by atoms with E-state index in [1.54, 1.807) is 0 Å². The fourth-order valence-corrected chi connectivity index (χ4v) is 8.06. The first kappa shape index (κ1) is 31.6. The number of carbonyl (C=O) groups excluding carboxylic acids is 2. The number of carbonyl (C=O) groups is 2. The molecule has 4 rings (SSSR count). The van der Waals surface area contributed by atoms with E-state index < -0.39 is 10.0 Å². The highest BCUT2D eigenvalue weighted by atomic mass is 32.2. The lowest BCUT2D eigenvalue weighted by Gasteiger charge is -2.29. The van der Waals surface area contributed by atoms with Gasteiger partial charge in [0.05, 0.1) is 23.7 Å². The largest absolute Gasteiger partial charge is 0.383 e. The number of amides is 2. The molecule has 2 amide bonds. The van der Waals surface area contributed by atoms with Gasteiger partial charge in [-0.1, -0.05) is 6.92 Å². The SMILES string of the molecule is CCCN1CCc2c(sc(NC(=O)c3ccc(S(=O)(=O)N(CCOC)CCOC)cc3)c2C(=O)N2CCCCC2)C1. The molecular formula is C29H42N4O6S2. The fraction of sp³-hybridized carbons (Fsp3) is 0.586. The van der Waals surface area contributed by atoms with Crippen LogP contribution >= 0.6 is 11.3 Å². The zero-order valence-electron chi connectivity index (χ0n) is 24.3. The monoisotopic (exact) mass is 606 g/mol. The van der Waals surface area contributed by atoms with Gasteiger partial charge in [-0.15, -0.1) is 11.3 Å². The summed E-state index contributed by atoms with van der Waals surface area (Å²) >= 11 is 1.49. The van der Waals surface area contributed by atoms with E-state index in [2.05, 4.69) is 17.1 Å². The minimum atomic E-state index is -3.80. The Hall–Kier alpha value is -2.35. The highest BCUT2D eigenvalue weighted by Gasteiger charge is 2.32. The number of piperidine rings is 1. The molecule has 1 N–H and O–H groups in total. The number of hydrogen-bond donors (Lipinski definition) is 1. The molecule has 10 nitrogen and oxygen atoms in total. The molecule has 41 heavy (non-hydrogen) atoms. The zero-order valence-corrected chi connectivity index (χ0v) is 25.9. The molecular weight excluding hydrogens is 564 g/mol. The van der Waals surface area contributed by atoms with Crippen LogP contribution in [0.25, 0.3) is 0 Å². The molecule has 1 saturated heterocycles. The van der Waals surface area contributed by atoms with Gasteiger partial charge in [0.25, 0.3) is 11.8 Å². The van der Waals surface area contributed by atoms with E-state index in [4.69, 9.17) is 9.47 Å². The lowest BCUT2D eigenvalue weighted by Crippen LogP contribution is -2.37. The van der Waals surface area contributed by atoms with Crippen LogP contribution in [0.15, 0.2) is 29.2 Å². The minimum absolute atomic E-state index is 0.00454. The van der Waals surface area contributed by atoms with Gasteiger partial charge in [0, 0.05) is 63.9 Å². The van der Waals surface area contributed by atoms with E-state index in [1.807, 2.05) is 4.90 Å². The van der Waals surface area contributed by atoms with Crippen LogP contribution in [0.5, 0.6) is 0 Å². The molecule has 1 fully saturated rings. The predicted molar refractivity (Wildman–Crippen MR) is 160 cm³/mol. The first-order valence-corrected chi connectivity index (χ1v) is 16.6. The van der Waals surface area contributed by atoms with Gasteiger partial charge in [-0.2, -0.15) is 4.31 Å². The summed E-state index contributed by atoms with van der Waals surface area (Å²) in [5.41, 5.74) is 2.00. The van der Waals surface area contributed by atoms with Crippen LogP contribution < -0.4 is 5.32 Å². The Labute approximate surface area is 247 Å². The number of thiophene rings is 1. The van der Waals surface area contributed by atoms with Crippen molar-refractivity contribution in [1.29, 1.82) is 0 Å². The van der Waals surface area contributed by atoms with Gasteiger partial charge in [-0.05, 0) is 68.5 Å². The number of anilines is 1. The van der Waals surface area contributed by atoms with Crippen molar-refractivity contribution in [1.82, 2.24) is 14.1 Å². The topological polar surface area (TPSA) is 108 Å². The fourth-order valence-electron chi connectivity index (χ4n) is 5.37. The molecule has 12 heteroatoms. The van der Waals surface area contributed by atoms with Crippen molar-refractivity contribution < 1.29 is 27.5 Å². The second-order valence-corrected chi connectivity index (χ2v) is 13.5. The van der Waals surface area contributed by atoms with Crippen molar-refractivity contribution >= 4 is 38.2 Å². The molecule has 0 spiro atoms. The van der Waals surface area contributed by atoms with Gasteiger partial charge in [0.2, 0.25) is 10.0 Å². The van der Waals surface area contributed by atoms with Gasteiger partial charge < -0.3 is 19.7 Å². The maximum atomic E-state index is 13.7. The quantitative estimate of drug-likeness (QED) is 0.371. The normalized spacial score (nSPS) is 16.1. The molecule has 0 radical (unpaired) electrons. The van der Waals surface area contributed by atoms with Crippen LogP contribution in [0, 0.1) is 0 Å². The van der Waals surface area contributed by atoms with Crippen LogP contribution in [0.4, 0.5) is 5.00 Å². The summed E-state index contributed by atoms with van der Waals surface area (Å²) in [6.45, 7) is 7.19. The summed E-state index contributed by atoms with van der Waals surface area (Å²) in [6.07, 6.45) is 4.96. The van der Waals surface area contributed by atoms with E-state index in [-0.39, 0.29) is 43.0 Å². The number of rotatable bonds is 13. The van der Waals surface area contributed by atoms with Gasteiger partial charge in [-0.3, -0.25) is 14.5 Å². The Kier molecular flexibility index (Phi) is 11.3. The third-order valence-electron chi connectivity index (χ3n) is 7.60. The second-order valence-electron chi connectivity index (χ2n) is 10.5. The summed E-state index contributed by atoms with van der Waals surface area (Å²) in [6, 6.07) is 5.91. The molecule has 1 aromatic heterocycles. The molecule has 2 aromatic rings. The average molecular weight is 607 g/mol. The van der Waals surface area contributed by atoms with Crippen LogP contribution in [-0.4, -0.2) is 101 Å². The van der Waals surface area contributed by atoms with E-state index in [9.17, 15) is 18.0 Å². The number of sulfonamides is 1. The molecule has 0 unspecified atom stereocenters. The number of fused-ring (bicyclic) bond motifs is 1. The number of benzene rings is 1. The maximum Gasteiger partial charge on any atom is 0.257 e. The van der Waals surface area contributed by atoms with E-state index in [0.29, 0.717) is 16.1 Å². The van der Waals surface area contributed by atoms with Crippen LogP contribution in [0.2, 0.25) is 0 Å². The van der Waals surface area contributed by atoms with Crippen molar-refractivity contribution in [3.63, 3.8) is 0 Å². The van der Waals surface area contributed by atoms with E-state index >= 15 is 0 Å². The number of nitrogens with zero attached hydrogens (tertiary/aromatic N) is 3. The standard InChI is InChI=1S/C29H42N4O6S2/c1-4-13-31-16-12-24-25(21-31)40-28(26(24)29(35)32-14-6-5-7-15-32)30-27(34)22-8-10-23(11-9-22)41(36,37)33(17-19-38-2)18-20-39-3/h8-11H,4-7,12-21H2,1-3H3,(H,30,34). The number of likely N-dealkylation sites (tertiary alicyclic amines) is 1. The van der Waals surface area contributed by atoms with E-state index in [0.717, 1.165) is 75.3 Å². The summed E-state index contributed by atoms with van der Waals surface area (Å²) < 4.78 is 37.9. The molecule has 0 atom stereocenters. The van der Waals surface area contributed by atoms with Gasteiger partial charge in [0.1, 0.15) is 5.00 Å². The Bertz CT molecular complexity index is 1280. The summed E-state index contributed by atoms with van der Waals surface area (Å²) in [5.74, 6) is -0.378. The first-order valence-electron chi connectivity index (χ1n) is 14.4. The Morgan fingerprint density at radius 2 is 1.66 bits per heavy atom. The highest BCUT2D eigenvalue weighted by Crippen LogP contribution is 2.38. The predicted octanol–water partition coefficient (Wildman–Crippen LogP) is 3.68. The lowest BCUT2D eigenvalue weighted by atomic mass is 10.0. The van der Waals surface area contributed by atoms with Gasteiger partial charge in [0.15, 0.2) is 0 Å².